The van der Waals surface area contributed by atoms with Gasteiger partial charge >= 0.3 is 18.2 Å². The fourth-order valence-electron chi connectivity index (χ4n) is 3.24. The first-order valence-corrected chi connectivity index (χ1v) is 11.9. The van der Waals surface area contributed by atoms with E-state index in [1.54, 1.807) is 45.0 Å². The van der Waals surface area contributed by atoms with Crippen LogP contribution in [0, 0.1) is 0 Å². The van der Waals surface area contributed by atoms with E-state index in [1.165, 1.54) is 0 Å². The van der Waals surface area contributed by atoms with Gasteiger partial charge in [-0.15, -0.1) is 0 Å². The normalized spacial score (nSPS) is 11.6. The molecule has 0 saturated carbocycles. The highest BCUT2D eigenvalue weighted by Gasteiger charge is 2.27. The monoisotopic (exact) mass is 505 g/mol. The molecule has 8 nitrogen and oxygen atoms in total. The molecule has 3 aromatic carbocycles. The van der Waals surface area contributed by atoms with E-state index in [-0.39, 0.29) is 25.4 Å². The van der Waals surface area contributed by atoms with E-state index >= 15 is 0 Å². The number of carbonyl (C=O) groups excluding carboxylic acids is 3. The lowest BCUT2D eigenvalue weighted by Crippen LogP contribution is -2.45. The molecule has 3 rings (SSSR count). The maximum atomic E-state index is 12.8. The third kappa shape index (κ3) is 10.0. The summed E-state index contributed by atoms with van der Waals surface area (Å²) in [6, 6.07) is 24.0. The van der Waals surface area contributed by atoms with Gasteiger partial charge in [-0.25, -0.2) is 14.4 Å². The Balaban J connectivity index is 1.57. The van der Waals surface area contributed by atoms with E-state index in [4.69, 9.17) is 18.9 Å². The second kappa shape index (κ2) is 13.1. The molecule has 0 aromatic heterocycles. The number of amides is 1. The van der Waals surface area contributed by atoms with Crippen LogP contribution in [0.5, 0.6) is 5.75 Å². The second-order valence-corrected chi connectivity index (χ2v) is 9.27. The van der Waals surface area contributed by atoms with Gasteiger partial charge in [0.15, 0.2) is 0 Å². The van der Waals surface area contributed by atoms with Crippen LogP contribution < -0.4 is 10.1 Å². The van der Waals surface area contributed by atoms with Crippen molar-refractivity contribution in [3.8, 4) is 5.75 Å². The zero-order chi connectivity index (χ0) is 26.7. The van der Waals surface area contributed by atoms with Crippen molar-refractivity contribution in [3.05, 3.63) is 102 Å². The van der Waals surface area contributed by atoms with Gasteiger partial charge in [0.1, 0.15) is 30.6 Å². The second-order valence-electron chi connectivity index (χ2n) is 9.27. The van der Waals surface area contributed by atoms with Crippen LogP contribution in [0.1, 0.15) is 37.5 Å². The fourth-order valence-corrected chi connectivity index (χ4v) is 3.24. The summed E-state index contributed by atoms with van der Waals surface area (Å²) in [4.78, 5) is 37.2. The largest absolute Gasteiger partial charge is 0.514 e. The van der Waals surface area contributed by atoms with E-state index in [1.807, 2.05) is 60.7 Å². The molecule has 0 bridgehead atoms. The molecular formula is C29H31NO7. The smallest absolute Gasteiger partial charge is 0.458 e. The number of nitrogens with one attached hydrogen (secondary N) is 1. The molecule has 194 valence electrons. The van der Waals surface area contributed by atoms with Crippen molar-refractivity contribution in [1.29, 1.82) is 0 Å². The van der Waals surface area contributed by atoms with Gasteiger partial charge in [0.25, 0.3) is 0 Å². The molecular weight excluding hydrogens is 474 g/mol. The van der Waals surface area contributed by atoms with Crippen molar-refractivity contribution < 1.29 is 33.3 Å². The number of ether oxygens (including phenoxy) is 4. The molecule has 0 aliphatic rings. The summed E-state index contributed by atoms with van der Waals surface area (Å²) in [6.07, 6.45) is -1.42. The van der Waals surface area contributed by atoms with E-state index in [2.05, 4.69) is 5.32 Å². The zero-order valence-electron chi connectivity index (χ0n) is 21.1. The zero-order valence-corrected chi connectivity index (χ0v) is 21.1. The van der Waals surface area contributed by atoms with Crippen LogP contribution in [-0.2, 0) is 38.6 Å². The quantitative estimate of drug-likeness (QED) is 0.230. The van der Waals surface area contributed by atoms with E-state index in [0.717, 1.165) is 11.1 Å². The summed E-state index contributed by atoms with van der Waals surface area (Å²) < 4.78 is 21.1. The Bertz CT molecular complexity index is 1160. The summed E-state index contributed by atoms with van der Waals surface area (Å²) >= 11 is 0. The Labute approximate surface area is 216 Å². The first-order valence-electron chi connectivity index (χ1n) is 11.9. The number of benzene rings is 3. The molecule has 1 atom stereocenters. The Morgan fingerprint density at radius 2 is 1.27 bits per heavy atom. The van der Waals surface area contributed by atoms with Crippen molar-refractivity contribution in [3.63, 3.8) is 0 Å². The molecule has 3 aromatic rings. The number of esters is 1. The Hall–Kier alpha value is -4.33. The van der Waals surface area contributed by atoms with Crippen molar-refractivity contribution in [2.45, 2.75) is 52.0 Å². The predicted molar refractivity (Wildman–Crippen MR) is 137 cm³/mol. The van der Waals surface area contributed by atoms with Crippen LogP contribution in [-0.4, -0.2) is 29.9 Å². The highest BCUT2D eigenvalue weighted by Crippen LogP contribution is 2.17. The van der Waals surface area contributed by atoms with Crippen molar-refractivity contribution in [2.75, 3.05) is 0 Å². The summed E-state index contributed by atoms with van der Waals surface area (Å²) in [7, 11) is 0. The van der Waals surface area contributed by atoms with Gasteiger partial charge in [-0.2, -0.15) is 0 Å². The van der Waals surface area contributed by atoms with Gasteiger partial charge in [-0.1, -0.05) is 72.8 Å². The molecule has 1 N–H and O–H groups in total. The number of rotatable bonds is 9. The maximum Gasteiger partial charge on any atom is 0.514 e. The molecule has 0 saturated heterocycles. The minimum atomic E-state index is -0.981. The standard InChI is InChI=1S/C29H31NO7/c1-29(2,3)37-26(31)25(30-27(32)34-19-22-10-6-4-7-11-22)18-21-14-16-24(17-15-21)36-28(33)35-20-23-12-8-5-9-13-23/h4-17,25H,18-20H2,1-3H3,(H,30,32)/t25-/m0/s1. The molecule has 1 amide bonds. The van der Waals surface area contributed by atoms with Crippen LogP contribution in [0.4, 0.5) is 9.59 Å². The predicted octanol–water partition coefficient (Wildman–Crippen LogP) is 5.58. The van der Waals surface area contributed by atoms with E-state index in [0.29, 0.717) is 5.56 Å². The molecule has 0 fully saturated rings. The third-order valence-corrected chi connectivity index (χ3v) is 4.96. The fraction of sp³-hybridized carbons (Fsp3) is 0.276. The molecule has 0 aliphatic heterocycles. The Morgan fingerprint density at radius 1 is 0.730 bits per heavy atom. The molecule has 0 radical (unpaired) electrons. The lowest BCUT2D eigenvalue weighted by molar-refractivity contribution is -0.157. The first-order chi connectivity index (χ1) is 17.7. The number of hydrogen-bond acceptors (Lipinski definition) is 7. The van der Waals surface area contributed by atoms with Crippen molar-refractivity contribution in [1.82, 2.24) is 5.32 Å². The number of alkyl carbamates (subject to hydrolysis) is 1. The van der Waals surface area contributed by atoms with Gasteiger partial charge in [0, 0.05) is 6.42 Å². The van der Waals surface area contributed by atoms with Gasteiger partial charge < -0.3 is 24.3 Å². The summed E-state index contributed by atoms with van der Waals surface area (Å²) in [5.41, 5.74) is 1.65. The third-order valence-electron chi connectivity index (χ3n) is 4.96. The number of hydrogen-bond donors (Lipinski definition) is 1. The van der Waals surface area contributed by atoms with Crippen LogP contribution in [0.3, 0.4) is 0 Å². The van der Waals surface area contributed by atoms with Gasteiger partial charge in [-0.05, 0) is 49.6 Å². The van der Waals surface area contributed by atoms with Crippen molar-refractivity contribution in [2.24, 2.45) is 0 Å². The average molecular weight is 506 g/mol. The molecule has 0 unspecified atom stereocenters. The maximum absolute atomic E-state index is 12.8. The molecule has 37 heavy (non-hydrogen) atoms. The van der Waals surface area contributed by atoms with Crippen LogP contribution >= 0.6 is 0 Å². The highest BCUT2D eigenvalue weighted by molar-refractivity contribution is 5.82. The van der Waals surface area contributed by atoms with Crippen LogP contribution in [0.2, 0.25) is 0 Å². The molecule has 0 spiro atoms. The van der Waals surface area contributed by atoms with Crippen LogP contribution in [0.15, 0.2) is 84.9 Å². The van der Waals surface area contributed by atoms with Crippen LogP contribution in [0.25, 0.3) is 0 Å². The topological polar surface area (TPSA) is 100 Å². The Morgan fingerprint density at radius 3 is 1.81 bits per heavy atom. The first kappa shape index (κ1) is 27.3. The van der Waals surface area contributed by atoms with Crippen molar-refractivity contribution >= 4 is 18.2 Å². The molecule has 0 heterocycles. The van der Waals surface area contributed by atoms with Gasteiger partial charge in [0.2, 0.25) is 0 Å². The summed E-state index contributed by atoms with van der Waals surface area (Å²) in [6.45, 7) is 5.41. The minimum Gasteiger partial charge on any atom is -0.458 e. The van der Waals surface area contributed by atoms with E-state index < -0.39 is 29.9 Å². The average Bonchev–Trinajstić information content (AvgIpc) is 2.87. The van der Waals surface area contributed by atoms with Gasteiger partial charge in [0.05, 0.1) is 0 Å². The van der Waals surface area contributed by atoms with E-state index in [9.17, 15) is 14.4 Å². The van der Waals surface area contributed by atoms with Gasteiger partial charge in [-0.3, -0.25) is 0 Å². The number of carbonyl (C=O) groups is 3. The summed E-state index contributed by atoms with van der Waals surface area (Å²) in [5.74, 6) is -0.306. The lowest BCUT2D eigenvalue weighted by atomic mass is 10.1. The Kier molecular flexibility index (Phi) is 9.66. The SMILES string of the molecule is CC(C)(C)OC(=O)[C@H](Cc1ccc(OC(=O)OCc2ccccc2)cc1)NC(=O)OCc1ccccc1. The minimum absolute atomic E-state index is 0.0696. The lowest BCUT2D eigenvalue weighted by Gasteiger charge is -2.24. The molecule has 8 heteroatoms. The molecule has 0 aliphatic carbocycles. The highest BCUT2D eigenvalue weighted by atomic mass is 16.7. The summed E-state index contributed by atoms with van der Waals surface area (Å²) in [5, 5.41) is 2.60.